The minimum absolute atomic E-state index is 0.165. The number of phenols is 1. The first-order valence-electron chi connectivity index (χ1n) is 11.5. The number of carbonyl (C=O) groups is 2. The molecule has 7 heteroatoms. The van der Waals surface area contributed by atoms with E-state index < -0.39 is 23.5 Å². The number of nitrogens with two attached hydrogens (primary N) is 1. The highest BCUT2D eigenvalue weighted by molar-refractivity contribution is 5.97. The summed E-state index contributed by atoms with van der Waals surface area (Å²) in [5, 5.41) is 12.2. The van der Waals surface area contributed by atoms with Gasteiger partial charge >= 0.3 is 5.97 Å². The van der Waals surface area contributed by atoms with Crippen LogP contribution in [0.15, 0.2) is 72.8 Å². The van der Waals surface area contributed by atoms with Crippen molar-refractivity contribution in [2.45, 2.75) is 51.9 Å². The number of carbonyl (C=O) groups excluding carboxylic acids is 2. The van der Waals surface area contributed by atoms with Crippen molar-refractivity contribution in [1.82, 2.24) is 5.32 Å². The fraction of sp³-hybridized carbons (Fsp3) is 0.286. The number of phenolic OH excluding ortho intramolecular Hbond substituents is 1. The van der Waals surface area contributed by atoms with Gasteiger partial charge in [0, 0.05) is 5.56 Å². The molecule has 0 bridgehead atoms. The van der Waals surface area contributed by atoms with E-state index in [9.17, 15) is 14.7 Å². The standard InChI is InChI=1S/C28H32N2O5/c1-28(2,3)35-27(33)24(16-11-19-7-5-4-6-8-19)30-26(32)21-12-15-23(29)25(17-21)34-18-20-9-13-22(31)14-10-20/h4-10,12-15,17,24,31H,11,16,18,29H2,1-3H3,(H,30,32)/t24-/m1/s1. The van der Waals surface area contributed by atoms with Gasteiger partial charge in [0.25, 0.3) is 5.91 Å². The van der Waals surface area contributed by atoms with Crippen LogP contribution in [0.1, 0.15) is 48.7 Å². The summed E-state index contributed by atoms with van der Waals surface area (Å²) in [5.74, 6) is -0.396. The molecule has 0 fully saturated rings. The number of aromatic hydroxyl groups is 1. The molecule has 4 N–H and O–H groups in total. The summed E-state index contributed by atoms with van der Waals surface area (Å²) in [5.41, 5.74) is 7.96. The number of nitrogens with one attached hydrogen (secondary N) is 1. The zero-order valence-corrected chi connectivity index (χ0v) is 20.3. The Bertz CT molecular complexity index is 1140. The van der Waals surface area contributed by atoms with Gasteiger partial charge in [-0.1, -0.05) is 42.5 Å². The smallest absolute Gasteiger partial charge is 0.329 e. The monoisotopic (exact) mass is 476 g/mol. The van der Waals surface area contributed by atoms with Crippen LogP contribution in [0.25, 0.3) is 0 Å². The third-order valence-corrected chi connectivity index (χ3v) is 5.17. The number of anilines is 1. The van der Waals surface area contributed by atoms with Crippen LogP contribution in [0.5, 0.6) is 11.5 Å². The average molecular weight is 477 g/mol. The summed E-state index contributed by atoms with van der Waals surface area (Å²) in [4.78, 5) is 25.9. The van der Waals surface area contributed by atoms with Crippen molar-refractivity contribution in [3.05, 3.63) is 89.5 Å². The summed E-state index contributed by atoms with van der Waals surface area (Å²) in [6.45, 7) is 5.59. The molecule has 7 nitrogen and oxygen atoms in total. The minimum atomic E-state index is -0.819. The SMILES string of the molecule is CC(C)(C)OC(=O)[C@@H](CCc1ccccc1)NC(=O)c1ccc(N)c(OCc2ccc(O)cc2)c1. The quantitative estimate of drug-likeness (QED) is 0.307. The normalized spacial score (nSPS) is 12.0. The maximum atomic E-state index is 13.1. The van der Waals surface area contributed by atoms with E-state index >= 15 is 0 Å². The first-order valence-corrected chi connectivity index (χ1v) is 11.5. The molecule has 0 aliphatic carbocycles. The van der Waals surface area contributed by atoms with E-state index in [1.54, 1.807) is 63.2 Å². The van der Waals surface area contributed by atoms with Crippen molar-refractivity contribution in [3.8, 4) is 11.5 Å². The van der Waals surface area contributed by atoms with E-state index in [4.69, 9.17) is 15.2 Å². The Hall–Kier alpha value is -4.00. The fourth-order valence-corrected chi connectivity index (χ4v) is 3.37. The molecule has 0 aliphatic heterocycles. The van der Waals surface area contributed by atoms with Crippen molar-refractivity contribution in [2.75, 3.05) is 5.73 Å². The Labute approximate surface area is 205 Å². The molecule has 0 aromatic heterocycles. The second kappa shape index (κ2) is 11.4. The highest BCUT2D eigenvalue weighted by Gasteiger charge is 2.27. The predicted molar refractivity (Wildman–Crippen MR) is 135 cm³/mol. The van der Waals surface area contributed by atoms with Gasteiger partial charge in [0.1, 0.15) is 29.7 Å². The molecular weight excluding hydrogens is 444 g/mol. The number of amides is 1. The number of hydrogen-bond acceptors (Lipinski definition) is 6. The van der Waals surface area contributed by atoms with Crippen LogP contribution in [-0.4, -0.2) is 28.6 Å². The predicted octanol–water partition coefficient (Wildman–Crippen LogP) is 4.63. The second-order valence-corrected chi connectivity index (χ2v) is 9.29. The minimum Gasteiger partial charge on any atom is -0.508 e. The lowest BCUT2D eigenvalue weighted by Gasteiger charge is -2.25. The van der Waals surface area contributed by atoms with Crippen LogP contribution in [-0.2, 0) is 22.6 Å². The van der Waals surface area contributed by atoms with Crippen LogP contribution >= 0.6 is 0 Å². The zero-order valence-electron chi connectivity index (χ0n) is 20.3. The molecule has 35 heavy (non-hydrogen) atoms. The number of nitrogen functional groups attached to an aromatic ring is 1. The zero-order chi connectivity index (χ0) is 25.4. The molecule has 0 radical (unpaired) electrons. The highest BCUT2D eigenvalue weighted by atomic mass is 16.6. The molecule has 0 saturated heterocycles. The van der Waals surface area contributed by atoms with E-state index in [0.29, 0.717) is 29.8 Å². The second-order valence-electron chi connectivity index (χ2n) is 9.29. The van der Waals surface area contributed by atoms with Gasteiger partial charge in [0.15, 0.2) is 0 Å². The number of ether oxygens (including phenoxy) is 2. The van der Waals surface area contributed by atoms with Crippen molar-refractivity contribution in [1.29, 1.82) is 0 Å². The van der Waals surface area contributed by atoms with Gasteiger partial charge in [-0.15, -0.1) is 0 Å². The summed E-state index contributed by atoms with van der Waals surface area (Å²) in [6, 6.07) is 20.3. The lowest BCUT2D eigenvalue weighted by molar-refractivity contribution is -0.157. The van der Waals surface area contributed by atoms with Gasteiger partial charge in [-0.05, 0) is 75.1 Å². The van der Waals surface area contributed by atoms with Gasteiger partial charge in [-0.25, -0.2) is 4.79 Å². The van der Waals surface area contributed by atoms with Crippen molar-refractivity contribution < 1.29 is 24.2 Å². The molecule has 0 heterocycles. The van der Waals surface area contributed by atoms with Crippen LogP contribution in [0, 0.1) is 0 Å². The number of benzene rings is 3. The number of esters is 1. The van der Waals surface area contributed by atoms with Crippen molar-refractivity contribution >= 4 is 17.6 Å². The maximum absolute atomic E-state index is 13.1. The lowest BCUT2D eigenvalue weighted by atomic mass is 10.0. The lowest BCUT2D eigenvalue weighted by Crippen LogP contribution is -2.44. The Morgan fingerprint density at radius 1 is 0.971 bits per heavy atom. The summed E-state index contributed by atoms with van der Waals surface area (Å²) < 4.78 is 11.3. The Morgan fingerprint density at radius 2 is 1.66 bits per heavy atom. The number of aryl methyl sites for hydroxylation is 1. The molecule has 3 aromatic rings. The number of rotatable bonds is 9. The Kier molecular flexibility index (Phi) is 8.36. The largest absolute Gasteiger partial charge is 0.508 e. The molecule has 3 aromatic carbocycles. The van der Waals surface area contributed by atoms with Gasteiger partial charge in [0.05, 0.1) is 5.69 Å². The van der Waals surface area contributed by atoms with Crippen LogP contribution in [0.3, 0.4) is 0 Å². The molecule has 0 spiro atoms. The van der Waals surface area contributed by atoms with Gasteiger partial charge in [0.2, 0.25) is 0 Å². The molecule has 0 aliphatic rings. The van der Waals surface area contributed by atoms with E-state index in [2.05, 4.69) is 5.32 Å². The average Bonchev–Trinajstić information content (AvgIpc) is 2.81. The van der Waals surface area contributed by atoms with Gasteiger partial charge < -0.3 is 25.6 Å². The summed E-state index contributed by atoms with van der Waals surface area (Å²) in [6.07, 6.45) is 0.998. The van der Waals surface area contributed by atoms with Crippen LogP contribution < -0.4 is 15.8 Å². The topological polar surface area (TPSA) is 111 Å². The van der Waals surface area contributed by atoms with E-state index in [1.807, 2.05) is 30.3 Å². The van der Waals surface area contributed by atoms with E-state index in [1.165, 1.54) is 0 Å². The highest BCUT2D eigenvalue weighted by Crippen LogP contribution is 2.24. The molecule has 184 valence electrons. The summed E-state index contributed by atoms with van der Waals surface area (Å²) in [7, 11) is 0. The molecule has 1 atom stereocenters. The Morgan fingerprint density at radius 3 is 2.31 bits per heavy atom. The molecular formula is C28H32N2O5. The van der Waals surface area contributed by atoms with Crippen molar-refractivity contribution in [2.24, 2.45) is 0 Å². The number of hydrogen-bond donors (Lipinski definition) is 3. The fourth-order valence-electron chi connectivity index (χ4n) is 3.37. The summed E-state index contributed by atoms with van der Waals surface area (Å²) >= 11 is 0. The van der Waals surface area contributed by atoms with Gasteiger partial charge in [-0.2, -0.15) is 0 Å². The maximum Gasteiger partial charge on any atom is 0.329 e. The van der Waals surface area contributed by atoms with Crippen LogP contribution in [0.2, 0.25) is 0 Å². The van der Waals surface area contributed by atoms with Gasteiger partial charge in [-0.3, -0.25) is 4.79 Å². The molecule has 0 unspecified atom stereocenters. The molecule has 0 saturated carbocycles. The first kappa shape index (κ1) is 25.6. The van der Waals surface area contributed by atoms with Crippen molar-refractivity contribution in [3.63, 3.8) is 0 Å². The first-order chi connectivity index (χ1) is 16.6. The Balaban J connectivity index is 1.71. The molecule has 3 rings (SSSR count). The third kappa shape index (κ3) is 8.07. The molecule has 1 amide bonds. The third-order valence-electron chi connectivity index (χ3n) is 5.17. The van der Waals surface area contributed by atoms with Crippen LogP contribution in [0.4, 0.5) is 5.69 Å². The van der Waals surface area contributed by atoms with E-state index in [0.717, 1.165) is 11.1 Å². The van der Waals surface area contributed by atoms with E-state index in [-0.39, 0.29) is 12.4 Å².